The molecule has 0 atom stereocenters. The van der Waals surface area contributed by atoms with Gasteiger partial charge in [-0.25, -0.2) is 0 Å². The summed E-state index contributed by atoms with van der Waals surface area (Å²) in [5, 5.41) is 9.78. The molecule has 0 N–H and O–H groups in total. The molecule has 1 aromatic rings. The maximum Gasteiger partial charge on any atom is 0.125 e. The number of fused-ring (bicyclic) bond motifs is 1. The fourth-order valence-corrected chi connectivity index (χ4v) is 2.26. The fourth-order valence-electron chi connectivity index (χ4n) is 1.99. The van der Waals surface area contributed by atoms with Crippen LogP contribution in [0, 0.1) is 16.7 Å². The van der Waals surface area contributed by atoms with E-state index in [1.165, 1.54) is 0 Å². The molecule has 1 aromatic carbocycles. The van der Waals surface area contributed by atoms with Crippen LogP contribution in [0.25, 0.3) is 0 Å². The number of nitriles is 1. The van der Waals surface area contributed by atoms with E-state index in [1.54, 1.807) is 0 Å². The topological polar surface area (TPSA) is 33.0 Å². The normalized spacial score (nSPS) is 14.1. The van der Waals surface area contributed by atoms with Crippen molar-refractivity contribution in [3.8, 4) is 11.8 Å². The average molecular weight is 236 g/mol. The van der Waals surface area contributed by atoms with Crippen molar-refractivity contribution >= 4 is 11.6 Å². The number of rotatable bonds is 2. The molecule has 0 radical (unpaired) electrons. The van der Waals surface area contributed by atoms with Crippen LogP contribution < -0.4 is 4.74 Å². The predicted octanol–water partition coefficient (Wildman–Crippen LogP) is 3.37. The minimum atomic E-state index is -0.385. The van der Waals surface area contributed by atoms with E-state index in [9.17, 15) is 0 Å². The molecule has 1 aliphatic heterocycles. The Morgan fingerprint density at radius 1 is 1.50 bits per heavy atom. The van der Waals surface area contributed by atoms with E-state index in [1.807, 2.05) is 26.0 Å². The molecule has 2 rings (SSSR count). The second kappa shape index (κ2) is 3.99. The minimum Gasteiger partial charge on any atom is -0.493 e. The van der Waals surface area contributed by atoms with Gasteiger partial charge in [0.05, 0.1) is 18.1 Å². The monoisotopic (exact) mass is 235 g/mol. The first-order valence-electron chi connectivity index (χ1n) is 5.37. The summed E-state index contributed by atoms with van der Waals surface area (Å²) >= 11 is 6.06. The van der Waals surface area contributed by atoms with Crippen LogP contribution in [0.2, 0.25) is 5.02 Å². The van der Waals surface area contributed by atoms with E-state index >= 15 is 0 Å². The highest BCUT2D eigenvalue weighted by atomic mass is 35.5. The Morgan fingerprint density at radius 3 is 2.94 bits per heavy atom. The van der Waals surface area contributed by atoms with Crippen LogP contribution >= 0.6 is 11.6 Å². The number of hydrogen-bond donors (Lipinski definition) is 0. The first kappa shape index (κ1) is 11.3. The lowest BCUT2D eigenvalue weighted by Crippen LogP contribution is -2.12. The SMILES string of the molecule is CC(C)(C#N)Cc1cc(Cl)cc2c1OCC2. The first-order valence-corrected chi connectivity index (χ1v) is 5.75. The molecule has 16 heavy (non-hydrogen) atoms. The zero-order valence-electron chi connectivity index (χ0n) is 9.51. The highest BCUT2D eigenvalue weighted by Gasteiger charge is 2.24. The molecular formula is C13H14ClNO. The van der Waals surface area contributed by atoms with Crippen molar-refractivity contribution in [1.29, 1.82) is 5.26 Å². The lowest BCUT2D eigenvalue weighted by Gasteiger charge is -2.17. The van der Waals surface area contributed by atoms with E-state index in [2.05, 4.69) is 6.07 Å². The molecule has 0 aromatic heterocycles. The van der Waals surface area contributed by atoms with E-state index in [0.29, 0.717) is 6.42 Å². The third-order valence-corrected chi connectivity index (χ3v) is 2.98. The van der Waals surface area contributed by atoms with Gasteiger partial charge >= 0.3 is 0 Å². The molecule has 1 heterocycles. The molecule has 0 bridgehead atoms. The second-order valence-corrected chi connectivity index (χ2v) is 5.26. The number of hydrogen-bond acceptors (Lipinski definition) is 2. The molecule has 3 heteroatoms. The Morgan fingerprint density at radius 2 is 2.25 bits per heavy atom. The van der Waals surface area contributed by atoms with Gasteiger partial charge in [-0.05, 0) is 43.5 Å². The highest BCUT2D eigenvalue weighted by Crippen LogP contribution is 2.36. The molecule has 0 amide bonds. The van der Waals surface area contributed by atoms with Gasteiger partial charge in [-0.3, -0.25) is 0 Å². The molecule has 1 aliphatic rings. The lowest BCUT2D eigenvalue weighted by atomic mass is 9.86. The van der Waals surface area contributed by atoms with Crippen LogP contribution in [0.3, 0.4) is 0 Å². The van der Waals surface area contributed by atoms with Gasteiger partial charge in [-0.2, -0.15) is 5.26 Å². The van der Waals surface area contributed by atoms with Crippen LogP contribution in [0.15, 0.2) is 12.1 Å². The van der Waals surface area contributed by atoms with Gasteiger partial charge in [0.25, 0.3) is 0 Å². The summed E-state index contributed by atoms with van der Waals surface area (Å²) in [5.74, 6) is 0.938. The summed E-state index contributed by atoms with van der Waals surface area (Å²) in [4.78, 5) is 0. The van der Waals surface area contributed by atoms with Crippen LogP contribution in [-0.4, -0.2) is 6.61 Å². The van der Waals surface area contributed by atoms with Gasteiger partial charge in [0.15, 0.2) is 0 Å². The van der Waals surface area contributed by atoms with Gasteiger partial charge in [-0.1, -0.05) is 11.6 Å². The summed E-state index contributed by atoms with van der Waals surface area (Å²) in [6, 6.07) is 6.16. The summed E-state index contributed by atoms with van der Waals surface area (Å²) < 4.78 is 5.61. The van der Waals surface area contributed by atoms with Crippen molar-refractivity contribution in [2.45, 2.75) is 26.7 Å². The smallest absolute Gasteiger partial charge is 0.125 e. The molecule has 0 aliphatic carbocycles. The summed E-state index contributed by atoms with van der Waals surface area (Å²) in [7, 11) is 0. The molecule has 0 fully saturated rings. The standard InChI is InChI=1S/C13H14ClNO/c1-13(2,8-15)7-10-6-11(14)5-9-3-4-16-12(9)10/h5-6H,3-4,7H2,1-2H3. The zero-order valence-corrected chi connectivity index (χ0v) is 10.3. The van der Waals surface area contributed by atoms with Crippen molar-refractivity contribution < 1.29 is 4.74 Å². The van der Waals surface area contributed by atoms with Crippen molar-refractivity contribution in [2.24, 2.45) is 5.41 Å². The molecule has 0 saturated heterocycles. The summed E-state index contributed by atoms with van der Waals surface area (Å²) in [5.41, 5.74) is 1.83. The zero-order chi connectivity index (χ0) is 11.8. The van der Waals surface area contributed by atoms with Gasteiger partial charge in [0, 0.05) is 11.4 Å². The highest BCUT2D eigenvalue weighted by molar-refractivity contribution is 6.30. The van der Waals surface area contributed by atoms with Crippen LogP contribution in [0.5, 0.6) is 5.75 Å². The van der Waals surface area contributed by atoms with Crippen LogP contribution in [-0.2, 0) is 12.8 Å². The van der Waals surface area contributed by atoms with Gasteiger partial charge in [0.1, 0.15) is 5.75 Å². The average Bonchev–Trinajstić information content (AvgIpc) is 2.65. The molecule has 2 nitrogen and oxygen atoms in total. The Hall–Kier alpha value is -1.20. The van der Waals surface area contributed by atoms with E-state index in [4.69, 9.17) is 21.6 Å². The molecule has 0 saturated carbocycles. The number of halogens is 1. The fraction of sp³-hybridized carbons (Fsp3) is 0.462. The summed E-state index contributed by atoms with van der Waals surface area (Å²) in [6.45, 7) is 4.57. The number of nitrogens with zero attached hydrogens (tertiary/aromatic N) is 1. The van der Waals surface area contributed by atoms with Crippen LogP contribution in [0.1, 0.15) is 25.0 Å². The van der Waals surface area contributed by atoms with E-state index in [0.717, 1.165) is 34.9 Å². The third kappa shape index (κ3) is 2.15. The van der Waals surface area contributed by atoms with E-state index < -0.39 is 0 Å². The molecule has 84 valence electrons. The second-order valence-electron chi connectivity index (χ2n) is 4.82. The third-order valence-electron chi connectivity index (χ3n) is 2.76. The molecular weight excluding hydrogens is 222 g/mol. The van der Waals surface area contributed by atoms with Crippen molar-refractivity contribution in [3.05, 3.63) is 28.3 Å². The van der Waals surface area contributed by atoms with Gasteiger partial charge in [0.2, 0.25) is 0 Å². The van der Waals surface area contributed by atoms with Gasteiger partial charge in [-0.15, -0.1) is 0 Å². The maximum absolute atomic E-state index is 9.05. The quantitative estimate of drug-likeness (QED) is 0.788. The Balaban J connectivity index is 2.39. The minimum absolute atomic E-state index is 0.385. The maximum atomic E-state index is 9.05. The largest absolute Gasteiger partial charge is 0.493 e. The van der Waals surface area contributed by atoms with Crippen molar-refractivity contribution in [3.63, 3.8) is 0 Å². The van der Waals surface area contributed by atoms with Gasteiger partial charge < -0.3 is 4.74 Å². The Labute approximate surface area is 101 Å². The molecule has 0 spiro atoms. The lowest BCUT2D eigenvalue weighted by molar-refractivity contribution is 0.349. The Bertz CT molecular complexity index is 460. The number of ether oxygens (including phenoxy) is 1. The number of benzene rings is 1. The molecule has 0 unspecified atom stereocenters. The first-order chi connectivity index (χ1) is 7.52. The van der Waals surface area contributed by atoms with Crippen molar-refractivity contribution in [2.75, 3.05) is 6.61 Å². The Kier molecular flexibility index (Phi) is 2.82. The summed E-state index contributed by atoms with van der Waals surface area (Å²) in [6.07, 6.45) is 1.59. The van der Waals surface area contributed by atoms with Crippen LogP contribution in [0.4, 0.5) is 0 Å². The predicted molar refractivity (Wildman–Crippen MR) is 63.7 cm³/mol. The van der Waals surface area contributed by atoms with E-state index in [-0.39, 0.29) is 5.41 Å². The van der Waals surface area contributed by atoms with Crippen molar-refractivity contribution in [1.82, 2.24) is 0 Å².